The highest BCUT2D eigenvalue weighted by molar-refractivity contribution is 9.11. The normalized spacial score (nSPS) is 10.5. The summed E-state index contributed by atoms with van der Waals surface area (Å²) in [5.74, 6) is 1.59. The maximum atomic E-state index is 6.19. The molecule has 3 rings (SSSR count). The lowest BCUT2D eigenvalue weighted by molar-refractivity contribution is 0.302. The van der Waals surface area contributed by atoms with Crippen molar-refractivity contribution >= 4 is 49.1 Å². The van der Waals surface area contributed by atoms with E-state index < -0.39 is 0 Å². The molecule has 0 saturated heterocycles. The van der Waals surface area contributed by atoms with Gasteiger partial charge in [0.05, 0.1) is 16.1 Å². The quantitative estimate of drug-likeness (QED) is 0.368. The van der Waals surface area contributed by atoms with Crippen LogP contribution in [0.5, 0.6) is 11.5 Å². The third-order valence-electron chi connectivity index (χ3n) is 3.97. The lowest BCUT2D eigenvalue weighted by Crippen LogP contribution is -2.02. The number of benzene rings is 3. The number of nitrogens with one attached hydrogen (secondary N) is 1. The lowest BCUT2D eigenvalue weighted by atomic mass is 10.2. The van der Waals surface area contributed by atoms with Gasteiger partial charge in [0.15, 0.2) is 0 Å². The molecule has 3 aromatic carbocycles. The fourth-order valence-electron chi connectivity index (χ4n) is 2.53. The maximum Gasteiger partial charge on any atom is 0.148 e. The van der Waals surface area contributed by atoms with Crippen LogP contribution in [0.15, 0.2) is 69.6 Å². The number of rotatable bonds is 7. The molecule has 0 aromatic heterocycles. The van der Waals surface area contributed by atoms with Crippen molar-refractivity contribution < 1.29 is 9.47 Å². The molecule has 0 unspecified atom stereocenters. The zero-order valence-electron chi connectivity index (χ0n) is 14.6. The first-order valence-electron chi connectivity index (χ1n) is 8.29. The Morgan fingerprint density at radius 3 is 2.26 bits per heavy atom. The Kier molecular flexibility index (Phi) is 7.05. The fraction of sp³-hybridized carbons (Fsp3) is 0.143. The van der Waals surface area contributed by atoms with Crippen LogP contribution in [0.25, 0.3) is 0 Å². The van der Waals surface area contributed by atoms with E-state index in [0.29, 0.717) is 18.2 Å². The first-order chi connectivity index (χ1) is 13.1. The van der Waals surface area contributed by atoms with Gasteiger partial charge in [-0.25, -0.2) is 0 Å². The largest absolute Gasteiger partial charge is 0.497 e. The molecule has 140 valence electrons. The van der Waals surface area contributed by atoms with Crippen molar-refractivity contribution in [3.8, 4) is 11.5 Å². The molecule has 0 bridgehead atoms. The Morgan fingerprint density at radius 1 is 0.963 bits per heavy atom. The fourth-order valence-corrected chi connectivity index (χ4v) is 4.23. The summed E-state index contributed by atoms with van der Waals surface area (Å²) >= 11 is 13.4. The first kappa shape index (κ1) is 20.1. The van der Waals surface area contributed by atoms with Gasteiger partial charge >= 0.3 is 0 Å². The summed E-state index contributed by atoms with van der Waals surface area (Å²) < 4.78 is 12.9. The van der Waals surface area contributed by atoms with E-state index in [2.05, 4.69) is 37.2 Å². The van der Waals surface area contributed by atoms with Crippen LogP contribution in [0, 0.1) is 0 Å². The lowest BCUT2D eigenvalue weighted by Gasteiger charge is -2.14. The summed E-state index contributed by atoms with van der Waals surface area (Å²) in [5.41, 5.74) is 3.10. The molecule has 0 aliphatic heterocycles. The van der Waals surface area contributed by atoms with Crippen LogP contribution in [0.2, 0.25) is 5.02 Å². The number of methoxy groups -OCH3 is 1. The Morgan fingerprint density at radius 2 is 1.63 bits per heavy atom. The second kappa shape index (κ2) is 9.49. The molecule has 0 amide bonds. The number of hydrogen-bond donors (Lipinski definition) is 1. The van der Waals surface area contributed by atoms with Gasteiger partial charge in [-0.05, 0) is 79.9 Å². The van der Waals surface area contributed by atoms with Crippen molar-refractivity contribution in [2.45, 2.75) is 13.2 Å². The van der Waals surface area contributed by atoms with E-state index in [0.717, 1.165) is 37.3 Å². The molecule has 0 aliphatic carbocycles. The van der Waals surface area contributed by atoms with Gasteiger partial charge in [-0.15, -0.1) is 0 Å². The highest BCUT2D eigenvalue weighted by Gasteiger charge is 2.10. The van der Waals surface area contributed by atoms with Crippen LogP contribution in [-0.4, -0.2) is 7.11 Å². The smallest absolute Gasteiger partial charge is 0.148 e. The van der Waals surface area contributed by atoms with Crippen molar-refractivity contribution in [1.29, 1.82) is 0 Å². The average Bonchev–Trinajstić information content (AvgIpc) is 2.67. The summed E-state index contributed by atoms with van der Waals surface area (Å²) in [6.07, 6.45) is 0. The molecule has 0 atom stereocenters. The van der Waals surface area contributed by atoms with Gasteiger partial charge in [-0.2, -0.15) is 0 Å². The van der Waals surface area contributed by atoms with Crippen LogP contribution in [0.3, 0.4) is 0 Å². The Balaban J connectivity index is 1.66. The molecular weight excluding hydrogens is 493 g/mol. The summed E-state index contributed by atoms with van der Waals surface area (Å²) in [6, 6.07) is 19.6. The second-order valence-electron chi connectivity index (χ2n) is 5.85. The van der Waals surface area contributed by atoms with E-state index in [9.17, 15) is 0 Å². The minimum absolute atomic E-state index is 0.403. The molecule has 3 nitrogen and oxygen atoms in total. The molecule has 0 spiro atoms. The highest BCUT2D eigenvalue weighted by atomic mass is 79.9. The van der Waals surface area contributed by atoms with Gasteiger partial charge in [0, 0.05) is 22.8 Å². The predicted molar refractivity (Wildman–Crippen MR) is 118 cm³/mol. The topological polar surface area (TPSA) is 30.5 Å². The van der Waals surface area contributed by atoms with Crippen LogP contribution in [-0.2, 0) is 13.2 Å². The Hall–Kier alpha value is -1.69. The van der Waals surface area contributed by atoms with Crippen molar-refractivity contribution in [1.82, 2.24) is 0 Å². The van der Waals surface area contributed by atoms with Gasteiger partial charge in [0.1, 0.15) is 18.1 Å². The van der Waals surface area contributed by atoms with Gasteiger partial charge in [-0.3, -0.25) is 0 Å². The van der Waals surface area contributed by atoms with Crippen molar-refractivity contribution in [3.63, 3.8) is 0 Å². The molecule has 0 saturated carbocycles. The predicted octanol–water partition coefficient (Wildman–Crippen LogP) is 7.06. The van der Waals surface area contributed by atoms with E-state index >= 15 is 0 Å². The van der Waals surface area contributed by atoms with Crippen LogP contribution in [0.1, 0.15) is 11.1 Å². The molecule has 0 heterocycles. The first-order valence-corrected chi connectivity index (χ1v) is 10.3. The Bertz CT molecular complexity index is 893. The number of anilines is 1. The SMILES string of the molecule is COc1ccc(NCc2cc(Br)c(OCc3ccccc3Cl)c(Br)c2)cc1. The van der Waals surface area contributed by atoms with Crippen LogP contribution < -0.4 is 14.8 Å². The molecule has 0 aliphatic rings. The molecular formula is C21H18Br2ClNO2. The zero-order valence-corrected chi connectivity index (χ0v) is 18.6. The summed E-state index contributed by atoms with van der Waals surface area (Å²) in [4.78, 5) is 0. The molecule has 1 N–H and O–H groups in total. The van der Waals surface area contributed by atoms with Crippen molar-refractivity contribution in [2.75, 3.05) is 12.4 Å². The van der Waals surface area contributed by atoms with Crippen LogP contribution >= 0.6 is 43.5 Å². The number of ether oxygens (including phenoxy) is 2. The molecule has 27 heavy (non-hydrogen) atoms. The monoisotopic (exact) mass is 509 g/mol. The highest BCUT2D eigenvalue weighted by Crippen LogP contribution is 2.36. The summed E-state index contributed by atoms with van der Waals surface area (Å²) in [7, 11) is 1.66. The van der Waals surface area contributed by atoms with Crippen molar-refractivity contribution in [2.24, 2.45) is 0 Å². The second-order valence-corrected chi connectivity index (χ2v) is 7.97. The standard InChI is InChI=1S/C21H18Br2ClNO2/c1-26-17-8-6-16(7-9-17)25-12-14-10-18(22)21(19(23)11-14)27-13-15-4-2-3-5-20(15)24/h2-11,25H,12-13H2,1H3. The van der Waals surface area contributed by atoms with Crippen molar-refractivity contribution in [3.05, 3.63) is 85.8 Å². The number of halogens is 3. The van der Waals surface area contributed by atoms with E-state index in [1.807, 2.05) is 60.7 Å². The molecule has 0 fully saturated rings. The van der Waals surface area contributed by atoms with E-state index in [1.54, 1.807) is 7.11 Å². The van der Waals surface area contributed by atoms with Crippen LogP contribution in [0.4, 0.5) is 5.69 Å². The maximum absolute atomic E-state index is 6.19. The minimum atomic E-state index is 0.403. The van der Waals surface area contributed by atoms with Gasteiger partial charge < -0.3 is 14.8 Å². The van der Waals surface area contributed by atoms with E-state index in [4.69, 9.17) is 21.1 Å². The number of hydrogen-bond acceptors (Lipinski definition) is 3. The molecule has 6 heteroatoms. The summed E-state index contributed by atoms with van der Waals surface area (Å²) in [5, 5.41) is 4.10. The van der Waals surface area contributed by atoms with Gasteiger partial charge in [0.2, 0.25) is 0 Å². The van der Waals surface area contributed by atoms with Gasteiger partial charge in [0.25, 0.3) is 0 Å². The third kappa shape index (κ3) is 5.41. The van der Waals surface area contributed by atoms with Gasteiger partial charge in [-0.1, -0.05) is 29.8 Å². The van der Waals surface area contributed by atoms with E-state index in [1.165, 1.54) is 0 Å². The average molecular weight is 512 g/mol. The zero-order chi connectivity index (χ0) is 19.2. The molecule has 0 radical (unpaired) electrons. The third-order valence-corrected chi connectivity index (χ3v) is 5.52. The summed E-state index contributed by atoms with van der Waals surface area (Å²) in [6.45, 7) is 1.09. The minimum Gasteiger partial charge on any atom is -0.497 e. The van der Waals surface area contributed by atoms with E-state index in [-0.39, 0.29) is 0 Å². The Labute approximate surface area is 180 Å². The molecule has 3 aromatic rings.